The molecule has 1 amide bonds. The minimum atomic E-state index is -4.64. The molecule has 1 saturated heterocycles. The summed E-state index contributed by atoms with van der Waals surface area (Å²) in [6.07, 6.45) is -0.257. The number of piperidine rings is 1. The summed E-state index contributed by atoms with van der Waals surface area (Å²) in [6, 6.07) is 1.66. The van der Waals surface area contributed by atoms with Gasteiger partial charge in [0, 0.05) is 30.9 Å². The van der Waals surface area contributed by atoms with Gasteiger partial charge in [-0.2, -0.15) is 27.1 Å². The molecule has 1 fully saturated rings. The summed E-state index contributed by atoms with van der Waals surface area (Å²) in [6.45, 7) is 1.22. The molecule has 182 valence electrons. The summed E-state index contributed by atoms with van der Waals surface area (Å²) in [4.78, 5) is 18.7. The van der Waals surface area contributed by atoms with Gasteiger partial charge in [-0.05, 0) is 51.6 Å². The average Bonchev–Trinajstić information content (AvgIpc) is 3.23. The number of nitrogens with zero attached hydrogens (tertiary/aromatic N) is 4. The van der Waals surface area contributed by atoms with Gasteiger partial charge in [0.25, 0.3) is 0 Å². The van der Waals surface area contributed by atoms with Crippen molar-refractivity contribution in [3.05, 3.63) is 41.9 Å². The lowest BCUT2D eigenvalue weighted by Gasteiger charge is -2.38. The highest BCUT2D eigenvalue weighted by atomic mass is 19.4. The van der Waals surface area contributed by atoms with E-state index in [4.69, 9.17) is 4.74 Å². The number of rotatable bonds is 7. The van der Waals surface area contributed by atoms with Gasteiger partial charge in [0.2, 0.25) is 11.8 Å². The molecule has 1 aliphatic heterocycles. The van der Waals surface area contributed by atoms with Crippen LogP contribution >= 0.6 is 0 Å². The first-order valence-corrected chi connectivity index (χ1v) is 10.3. The Hall–Kier alpha value is -2.76. The van der Waals surface area contributed by atoms with Crippen LogP contribution in [0.3, 0.4) is 0 Å². The molecule has 33 heavy (non-hydrogen) atoms. The van der Waals surface area contributed by atoms with E-state index < -0.39 is 35.5 Å². The lowest BCUT2D eigenvalue weighted by molar-refractivity contribution is -0.139. The van der Waals surface area contributed by atoms with E-state index in [1.54, 1.807) is 13.8 Å². The number of likely N-dealkylation sites (tertiary alicyclic amines) is 1. The lowest BCUT2D eigenvalue weighted by Crippen LogP contribution is -2.52. The Morgan fingerprint density at radius 3 is 2.70 bits per heavy atom. The number of halogens is 5. The van der Waals surface area contributed by atoms with Crippen molar-refractivity contribution in [1.82, 2.24) is 25.0 Å². The van der Waals surface area contributed by atoms with Gasteiger partial charge in [0.15, 0.2) is 0 Å². The molecule has 3 rings (SSSR count). The van der Waals surface area contributed by atoms with E-state index in [-0.39, 0.29) is 18.6 Å². The summed E-state index contributed by atoms with van der Waals surface area (Å²) in [5, 5.41) is 6.62. The quantitative estimate of drug-likeness (QED) is 0.619. The second-order valence-corrected chi connectivity index (χ2v) is 8.80. The van der Waals surface area contributed by atoms with Crippen LogP contribution in [-0.2, 0) is 11.0 Å². The minimum Gasteiger partial charge on any atom is -0.476 e. The smallest absolute Gasteiger partial charge is 0.421 e. The van der Waals surface area contributed by atoms with E-state index in [1.807, 2.05) is 11.9 Å². The van der Waals surface area contributed by atoms with Crippen LogP contribution in [0.5, 0.6) is 5.88 Å². The van der Waals surface area contributed by atoms with Gasteiger partial charge in [0.1, 0.15) is 12.2 Å². The van der Waals surface area contributed by atoms with Crippen LogP contribution in [0.2, 0.25) is 0 Å². The van der Waals surface area contributed by atoms with Crippen molar-refractivity contribution in [1.29, 1.82) is 0 Å². The number of alkyl halides is 5. The summed E-state index contributed by atoms with van der Waals surface area (Å²) in [5.74, 6) is -1.29. The molecular formula is C21H26F5N5O2. The van der Waals surface area contributed by atoms with E-state index in [0.29, 0.717) is 29.8 Å². The molecule has 0 unspecified atom stereocenters. The Labute approximate surface area is 187 Å². The van der Waals surface area contributed by atoms with E-state index in [0.717, 1.165) is 12.1 Å². The monoisotopic (exact) mass is 475 g/mol. The molecule has 0 saturated carbocycles. The molecule has 3 heterocycles. The van der Waals surface area contributed by atoms with E-state index in [9.17, 15) is 26.7 Å². The predicted molar refractivity (Wildman–Crippen MR) is 109 cm³/mol. The first-order chi connectivity index (χ1) is 15.4. The van der Waals surface area contributed by atoms with Gasteiger partial charge in [-0.25, -0.2) is 9.67 Å². The average molecular weight is 475 g/mol. The fourth-order valence-corrected chi connectivity index (χ4v) is 3.68. The fourth-order valence-electron chi connectivity index (χ4n) is 3.68. The molecule has 12 heteroatoms. The Morgan fingerprint density at radius 2 is 2.06 bits per heavy atom. The molecule has 1 N–H and O–H groups in total. The molecule has 2 aromatic heterocycles. The van der Waals surface area contributed by atoms with Crippen LogP contribution in [0.4, 0.5) is 22.0 Å². The van der Waals surface area contributed by atoms with Gasteiger partial charge in [-0.1, -0.05) is 0 Å². The number of amides is 1. The molecule has 0 radical (unpaired) electrons. The molecule has 1 aliphatic rings. The van der Waals surface area contributed by atoms with Crippen molar-refractivity contribution in [2.75, 3.05) is 26.7 Å². The van der Waals surface area contributed by atoms with Crippen LogP contribution in [0.25, 0.3) is 0 Å². The summed E-state index contributed by atoms with van der Waals surface area (Å²) < 4.78 is 71.3. The highest BCUT2D eigenvalue weighted by Crippen LogP contribution is 2.35. The maximum atomic E-state index is 13.2. The zero-order valence-corrected chi connectivity index (χ0v) is 18.4. The van der Waals surface area contributed by atoms with E-state index in [1.165, 1.54) is 18.6 Å². The second kappa shape index (κ2) is 9.62. The molecule has 2 aromatic rings. The second-order valence-electron chi connectivity index (χ2n) is 8.80. The summed E-state index contributed by atoms with van der Waals surface area (Å²) in [5.41, 5.74) is -1.63. The topological polar surface area (TPSA) is 72.3 Å². The zero-order valence-electron chi connectivity index (χ0n) is 18.4. The Bertz CT molecular complexity index is 963. The van der Waals surface area contributed by atoms with Gasteiger partial charge < -0.3 is 15.0 Å². The van der Waals surface area contributed by atoms with Crippen molar-refractivity contribution in [3.8, 4) is 5.88 Å². The SMILES string of the molecule is CN1CC[C@H](NC(=O)C(C)(C)COc2ncccc2C(F)(F)F)[C@@H](c2cnn(C(F)F)c2)C1. The molecule has 0 bridgehead atoms. The van der Waals surface area contributed by atoms with E-state index in [2.05, 4.69) is 15.4 Å². The number of pyridine rings is 1. The van der Waals surface area contributed by atoms with Crippen LogP contribution in [0, 0.1) is 5.41 Å². The number of hydrogen-bond acceptors (Lipinski definition) is 5. The van der Waals surface area contributed by atoms with E-state index >= 15 is 0 Å². The van der Waals surface area contributed by atoms with Gasteiger partial charge >= 0.3 is 12.7 Å². The van der Waals surface area contributed by atoms with Crippen LogP contribution < -0.4 is 10.1 Å². The first kappa shape index (κ1) is 24.9. The number of hydrogen-bond donors (Lipinski definition) is 1. The summed E-state index contributed by atoms with van der Waals surface area (Å²) in [7, 11) is 1.89. The van der Waals surface area contributed by atoms with Crippen molar-refractivity contribution in [3.63, 3.8) is 0 Å². The number of carbonyl (C=O) groups is 1. The van der Waals surface area contributed by atoms with Gasteiger partial charge in [-0.15, -0.1) is 0 Å². The molecule has 0 spiro atoms. The molecule has 7 nitrogen and oxygen atoms in total. The highest BCUT2D eigenvalue weighted by Gasteiger charge is 2.38. The molecule has 0 aliphatic carbocycles. The largest absolute Gasteiger partial charge is 0.476 e. The fraction of sp³-hybridized carbons (Fsp3) is 0.571. The maximum absolute atomic E-state index is 13.2. The highest BCUT2D eigenvalue weighted by molar-refractivity contribution is 5.82. The number of likely N-dealkylation sites (N-methyl/N-ethyl adjacent to an activating group) is 1. The Kier molecular flexibility index (Phi) is 7.25. The molecule has 0 aromatic carbocycles. The predicted octanol–water partition coefficient (Wildman–Crippen LogP) is 3.70. The van der Waals surface area contributed by atoms with Gasteiger partial charge in [0.05, 0.1) is 11.6 Å². The first-order valence-electron chi connectivity index (χ1n) is 10.3. The van der Waals surface area contributed by atoms with Crippen LogP contribution in [0.1, 0.15) is 43.9 Å². The molecule has 2 atom stereocenters. The summed E-state index contributed by atoms with van der Waals surface area (Å²) >= 11 is 0. The minimum absolute atomic E-state index is 0.274. The van der Waals surface area contributed by atoms with Gasteiger partial charge in [-0.3, -0.25) is 4.79 Å². The van der Waals surface area contributed by atoms with Crippen molar-refractivity contribution in [2.24, 2.45) is 5.41 Å². The van der Waals surface area contributed by atoms with Crippen LogP contribution in [0.15, 0.2) is 30.7 Å². The number of ether oxygens (including phenoxy) is 1. The number of aromatic nitrogens is 3. The third-order valence-electron chi connectivity index (χ3n) is 5.64. The third kappa shape index (κ3) is 5.98. The van der Waals surface area contributed by atoms with Crippen LogP contribution in [-0.4, -0.2) is 58.4 Å². The normalized spacial score (nSPS) is 20.2. The van der Waals surface area contributed by atoms with Crippen molar-refractivity contribution < 1.29 is 31.5 Å². The molecular weight excluding hydrogens is 449 g/mol. The standard InChI is InChI=1S/C21H26F5N5O2/c1-20(2,12-33-17-15(21(24,25)26)5-4-7-27-17)18(32)29-16-6-8-30(3)11-14(16)13-9-28-31(10-13)19(22)23/h4-5,7,9-10,14,16,19H,6,8,11-12H2,1-3H3,(H,29,32)/t14-,16+/m1/s1. The lowest BCUT2D eigenvalue weighted by atomic mass is 9.86. The van der Waals surface area contributed by atoms with Crippen molar-refractivity contribution >= 4 is 5.91 Å². The maximum Gasteiger partial charge on any atom is 0.421 e. The number of carbonyl (C=O) groups excluding carboxylic acids is 1. The Balaban J connectivity index is 1.70. The Morgan fingerprint density at radius 1 is 1.33 bits per heavy atom. The van der Waals surface area contributed by atoms with Crippen molar-refractivity contribution in [2.45, 2.75) is 45.0 Å². The third-order valence-corrected chi connectivity index (χ3v) is 5.64. The zero-order chi connectivity index (χ0) is 24.4. The number of nitrogens with one attached hydrogen (secondary N) is 1.